The van der Waals surface area contributed by atoms with E-state index in [-0.39, 0.29) is 0 Å². The molecule has 0 aromatic carbocycles. The zero-order valence-electron chi connectivity index (χ0n) is 5.93. The molecular formula is C8H14S. The maximum Gasteiger partial charge on any atom is 0.00544 e. The number of hydrogen-bond donors (Lipinski definition) is 1. The zero-order valence-corrected chi connectivity index (χ0v) is 6.82. The van der Waals surface area contributed by atoms with Crippen LogP contribution in [-0.4, -0.2) is 5.25 Å². The fourth-order valence-corrected chi connectivity index (χ4v) is 1.43. The van der Waals surface area contributed by atoms with Crippen molar-refractivity contribution >= 4 is 12.6 Å². The van der Waals surface area contributed by atoms with E-state index in [0.717, 1.165) is 0 Å². The van der Waals surface area contributed by atoms with Crippen LogP contribution in [0, 0.1) is 0 Å². The second-order valence-electron chi connectivity index (χ2n) is 2.64. The van der Waals surface area contributed by atoms with Gasteiger partial charge in [0, 0.05) is 5.25 Å². The van der Waals surface area contributed by atoms with E-state index >= 15 is 0 Å². The molecule has 1 rings (SSSR count). The van der Waals surface area contributed by atoms with Crippen LogP contribution in [0.25, 0.3) is 0 Å². The smallest absolute Gasteiger partial charge is 0.00544 e. The Hall–Kier alpha value is 0.0900. The van der Waals surface area contributed by atoms with Gasteiger partial charge in [0.2, 0.25) is 0 Å². The molecule has 0 fully saturated rings. The first kappa shape index (κ1) is 7.20. The van der Waals surface area contributed by atoms with Crippen LogP contribution in [0.5, 0.6) is 0 Å². The summed E-state index contributed by atoms with van der Waals surface area (Å²) in [6.07, 6.45) is 7.33. The molecule has 0 N–H and O–H groups in total. The maximum absolute atomic E-state index is 4.40. The van der Waals surface area contributed by atoms with Crippen LogP contribution in [0.2, 0.25) is 0 Å². The van der Waals surface area contributed by atoms with E-state index in [1.807, 2.05) is 0 Å². The molecule has 0 saturated carbocycles. The number of rotatable bonds is 1. The molecule has 1 heteroatoms. The molecule has 0 spiro atoms. The molecule has 0 saturated heterocycles. The summed E-state index contributed by atoms with van der Waals surface area (Å²) in [5.41, 5.74) is 1.63. The molecule has 1 atom stereocenters. The lowest BCUT2D eigenvalue weighted by Crippen LogP contribution is -2.03. The van der Waals surface area contributed by atoms with Gasteiger partial charge in [-0.15, -0.1) is 0 Å². The lowest BCUT2D eigenvalue weighted by atomic mass is 9.97. The van der Waals surface area contributed by atoms with Gasteiger partial charge in [0.1, 0.15) is 0 Å². The average Bonchev–Trinajstić information content (AvgIpc) is 1.90. The van der Waals surface area contributed by atoms with E-state index < -0.39 is 0 Å². The van der Waals surface area contributed by atoms with Crippen LogP contribution in [0.4, 0.5) is 0 Å². The van der Waals surface area contributed by atoms with E-state index in [9.17, 15) is 0 Å². The second-order valence-corrected chi connectivity index (χ2v) is 3.37. The van der Waals surface area contributed by atoms with Crippen molar-refractivity contribution in [2.45, 2.75) is 37.9 Å². The van der Waals surface area contributed by atoms with Crippen molar-refractivity contribution in [3.63, 3.8) is 0 Å². The Morgan fingerprint density at radius 1 is 1.78 bits per heavy atom. The quantitative estimate of drug-likeness (QED) is 0.422. The summed E-state index contributed by atoms with van der Waals surface area (Å²) in [6.45, 7) is 2.23. The van der Waals surface area contributed by atoms with Crippen LogP contribution in [0.3, 0.4) is 0 Å². The highest BCUT2D eigenvalue weighted by atomic mass is 32.1. The number of thiol groups is 1. The predicted octanol–water partition coefficient (Wildman–Crippen LogP) is 2.81. The third-order valence-corrected chi connectivity index (χ3v) is 2.40. The van der Waals surface area contributed by atoms with Gasteiger partial charge in [-0.05, 0) is 25.7 Å². The molecule has 0 aliphatic heterocycles. The maximum atomic E-state index is 4.40. The molecule has 9 heavy (non-hydrogen) atoms. The molecule has 0 bridgehead atoms. The van der Waals surface area contributed by atoms with Crippen molar-refractivity contribution < 1.29 is 0 Å². The van der Waals surface area contributed by atoms with Gasteiger partial charge in [-0.3, -0.25) is 0 Å². The van der Waals surface area contributed by atoms with Gasteiger partial charge in [-0.1, -0.05) is 18.6 Å². The van der Waals surface area contributed by atoms with E-state index in [4.69, 9.17) is 0 Å². The highest BCUT2D eigenvalue weighted by molar-refractivity contribution is 7.80. The summed E-state index contributed by atoms with van der Waals surface area (Å²) in [6, 6.07) is 0. The minimum absolute atomic E-state index is 0.639. The molecule has 0 heterocycles. The molecule has 1 unspecified atom stereocenters. The Bertz CT molecular complexity index is 116. The van der Waals surface area contributed by atoms with Crippen LogP contribution in [0.15, 0.2) is 11.6 Å². The van der Waals surface area contributed by atoms with Crippen molar-refractivity contribution in [3.05, 3.63) is 11.6 Å². The van der Waals surface area contributed by atoms with Gasteiger partial charge in [0.05, 0.1) is 0 Å². The normalized spacial score (nSPS) is 27.8. The summed E-state index contributed by atoms with van der Waals surface area (Å²) in [7, 11) is 0. The van der Waals surface area contributed by atoms with Gasteiger partial charge in [0.15, 0.2) is 0 Å². The van der Waals surface area contributed by atoms with Crippen molar-refractivity contribution in [1.29, 1.82) is 0 Å². The molecule has 1 aliphatic rings. The first-order chi connectivity index (χ1) is 4.33. The fourth-order valence-electron chi connectivity index (χ4n) is 1.20. The molecule has 0 aromatic heterocycles. The Morgan fingerprint density at radius 3 is 3.00 bits per heavy atom. The summed E-state index contributed by atoms with van der Waals surface area (Å²) >= 11 is 4.40. The molecule has 0 amide bonds. The van der Waals surface area contributed by atoms with Crippen LogP contribution >= 0.6 is 12.6 Å². The highest BCUT2D eigenvalue weighted by Gasteiger charge is 2.07. The average molecular weight is 142 g/mol. The van der Waals surface area contributed by atoms with Gasteiger partial charge in [-0.25, -0.2) is 0 Å². The minimum atomic E-state index is 0.639. The highest BCUT2D eigenvalue weighted by Crippen LogP contribution is 2.23. The summed E-state index contributed by atoms with van der Waals surface area (Å²) in [5, 5.41) is 0.639. The third-order valence-electron chi connectivity index (χ3n) is 1.93. The van der Waals surface area contributed by atoms with E-state index in [1.54, 1.807) is 5.57 Å². The zero-order chi connectivity index (χ0) is 6.69. The van der Waals surface area contributed by atoms with Crippen molar-refractivity contribution in [2.75, 3.05) is 0 Å². The molecule has 0 aromatic rings. The van der Waals surface area contributed by atoms with Crippen LogP contribution < -0.4 is 0 Å². The second kappa shape index (κ2) is 3.31. The topological polar surface area (TPSA) is 0 Å². The Balaban J connectivity index is 2.40. The van der Waals surface area contributed by atoms with Crippen LogP contribution in [0.1, 0.15) is 32.6 Å². The first-order valence-electron chi connectivity index (χ1n) is 3.69. The van der Waals surface area contributed by atoms with E-state index in [1.165, 1.54) is 25.7 Å². The van der Waals surface area contributed by atoms with Gasteiger partial charge < -0.3 is 0 Å². The Kier molecular flexibility index (Phi) is 2.65. The standard InChI is InChI=1S/C8H14S/c1-2-7-3-5-8(9)6-4-7/h3,8-9H,2,4-6H2,1H3. The van der Waals surface area contributed by atoms with E-state index in [2.05, 4.69) is 25.6 Å². The SMILES string of the molecule is CCC1=CCC(S)CC1. The molecule has 1 aliphatic carbocycles. The lowest BCUT2D eigenvalue weighted by Gasteiger charge is -2.15. The monoisotopic (exact) mass is 142 g/mol. The van der Waals surface area contributed by atoms with Crippen molar-refractivity contribution in [3.8, 4) is 0 Å². The molecule has 0 radical (unpaired) electrons. The Labute approximate surface area is 62.8 Å². The number of hydrogen-bond acceptors (Lipinski definition) is 1. The summed E-state index contributed by atoms with van der Waals surface area (Å²) in [4.78, 5) is 0. The fraction of sp³-hybridized carbons (Fsp3) is 0.750. The molecular weight excluding hydrogens is 128 g/mol. The van der Waals surface area contributed by atoms with Gasteiger partial charge in [0.25, 0.3) is 0 Å². The first-order valence-corrected chi connectivity index (χ1v) is 4.20. The molecule has 0 nitrogen and oxygen atoms in total. The summed E-state index contributed by atoms with van der Waals surface area (Å²) in [5.74, 6) is 0. The predicted molar refractivity (Wildman–Crippen MR) is 45.0 cm³/mol. The minimum Gasteiger partial charge on any atom is -0.176 e. The largest absolute Gasteiger partial charge is 0.176 e. The van der Waals surface area contributed by atoms with Crippen molar-refractivity contribution in [2.24, 2.45) is 0 Å². The third kappa shape index (κ3) is 2.05. The van der Waals surface area contributed by atoms with Gasteiger partial charge in [-0.2, -0.15) is 12.6 Å². The summed E-state index contributed by atoms with van der Waals surface area (Å²) < 4.78 is 0. The Morgan fingerprint density at radius 2 is 2.56 bits per heavy atom. The lowest BCUT2D eigenvalue weighted by molar-refractivity contribution is 0.703. The van der Waals surface area contributed by atoms with E-state index in [0.29, 0.717) is 5.25 Å². The van der Waals surface area contributed by atoms with Gasteiger partial charge >= 0.3 is 0 Å². The van der Waals surface area contributed by atoms with Crippen molar-refractivity contribution in [1.82, 2.24) is 0 Å². The number of allylic oxidation sites excluding steroid dienone is 2. The van der Waals surface area contributed by atoms with Crippen LogP contribution in [-0.2, 0) is 0 Å². The molecule has 52 valence electrons.